The number of carbonyl (C=O) groups is 2. The van der Waals surface area contributed by atoms with Crippen molar-refractivity contribution in [2.45, 2.75) is 25.3 Å². The number of aromatic nitrogens is 2. The van der Waals surface area contributed by atoms with E-state index in [1.165, 1.54) is 52.4 Å². The highest BCUT2D eigenvalue weighted by Crippen LogP contribution is 2.36. The molecule has 0 atom stereocenters. The molecule has 0 aliphatic carbocycles. The lowest BCUT2D eigenvalue weighted by Crippen LogP contribution is -2.27. The Morgan fingerprint density at radius 2 is 1.83 bits per heavy atom. The maximum atomic E-state index is 13.3. The van der Waals surface area contributed by atoms with Gasteiger partial charge in [-0.25, -0.2) is 13.4 Å². The molecule has 2 amide bonds. The molecule has 0 radical (unpaired) electrons. The topological polar surface area (TPSA) is 144 Å². The summed E-state index contributed by atoms with van der Waals surface area (Å²) >= 11 is 19.6. The molecule has 216 valence electrons. The minimum absolute atomic E-state index is 0.00219. The normalized spacial score (nSPS) is 11.5. The van der Waals surface area contributed by atoms with Gasteiger partial charge in [-0.3, -0.25) is 9.59 Å². The number of benzene rings is 1. The second kappa shape index (κ2) is 12.3. The predicted octanol–water partition coefficient (Wildman–Crippen LogP) is 6.04. The van der Waals surface area contributed by atoms with Crippen LogP contribution in [0.25, 0.3) is 0 Å². The minimum Gasteiger partial charge on any atom is -0.494 e. The van der Waals surface area contributed by atoms with Crippen LogP contribution in [0.3, 0.4) is 0 Å². The molecule has 11 nitrogen and oxygen atoms in total. The number of pyridine rings is 1. The Kier molecular flexibility index (Phi) is 9.26. The third-order valence-electron chi connectivity index (χ3n) is 5.77. The van der Waals surface area contributed by atoms with Crippen molar-refractivity contribution in [1.29, 1.82) is 0 Å². The van der Waals surface area contributed by atoms with Gasteiger partial charge < -0.3 is 19.9 Å². The molecule has 0 fully saturated rings. The summed E-state index contributed by atoms with van der Waals surface area (Å²) in [6, 6.07) is 5.86. The SMILES string of the molecule is COc1cc(Cl)cc(C(=O)Nc2ccc(Cl)cn2)c1NC(=O)c1scc(CN(C)S(=O)(=O)c2c(C)noc2C)c1Cl. The van der Waals surface area contributed by atoms with Crippen LogP contribution in [-0.4, -0.2) is 48.8 Å². The van der Waals surface area contributed by atoms with E-state index in [4.69, 9.17) is 44.1 Å². The molecule has 2 N–H and O–H groups in total. The average Bonchev–Trinajstić information content (AvgIpc) is 3.46. The van der Waals surface area contributed by atoms with E-state index in [0.717, 1.165) is 15.6 Å². The third kappa shape index (κ3) is 6.50. The van der Waals surface area contributed by atoms with Crippen molar-refractivity contribution in [2.24, 2.45) is 0 Å². The van der Waals surface area contributed by atoms with Crippen LogP contribution in [-0.2, 0) is 16.6 Å². The number of hydrogen-bond donors (Lipinski definition) is 2. The Morgan fingerprint density at radius 1 is 1.10 bits per heavy atom. The maximum absolute atomic E-state index is 13.3. The number of methoxy groups -OCH3 is 1. The molecule has 3 aromatic heterocycles. The smallest absolute Gasteiger partial charge is 0.267 e. The second-order valence-corrected chi connectivity index (χ2v) is 12.7. The summed E-state index contributed by atoms with van der Waals surface area (Å²) in [5, 5.41) is 11.2. The molecule has 0 bridgehead atoms. The molecule has 0 unspecified atom stereocenters. The molecule has 0 aliphatic heterocycles. The first-order valence-corrected chi connectivity index (χ1v) is 15.1. The van der Waals surface area contributed by atoms with Crippen molar-refractivity contribution in [3.8, 4) is 5.75 Å². The van der Waals surface area contributed by atoms with E-state index in [2.05, 4.69) is 20.8 Å². The first-order chi connectivity index (χ1) is 19.3. The molecule has 0 saturated carbocycles. The van der Waals surface area contributed by atoms with E-state index in [1.807, 2.05) is 0 Å². The summed E-state index contributed by atoms with van der Waals surface area (Å²) in [6.45, 7) is 2.91. The highest BCUT2D eigenvalue weighted by Gasteiger charge is 2.30. The number of thiophene rings is 1. The van der Waals surface area contributed by atoms with E-state index in [1.54, 1.807) is 11.4 Å². The van der Waals surface area contributed by atoms with Crippen LogP contribution in [0.1, 0.15) is 37.0 Å². The number of ether oxygens (including phenoxy) is 1. The zero-order chi connectivity index (χ0) is 30.1. The zero-order valence-corrected chi connectivity index (χ0v) is 25.8. The molecule has 16 heteroatoms. The van der Waals surface area contributed by atoms with E-state index in [0.29, 0.717) is 10.6 Å². The number of aryl methyl sites for hydroxylation is 2. The fourth-order valence-electron chi connectivity index (χ4n) is 3.82. The first-order valence-electron chi connectivity index (χ1n) is 11.6. The second-order valence-electron chi connectivity index (χ2n) is 8.62. The van der Waals surface area contributed by atoms with Crippen LogP contribution in [0.15, 0.2) is 45.3 Å². The zero-order valence-electron chi connectivity index (χ0n) is 21.9. The van der Waals surface area contributed by atoms with Gasteiger partial charge >= 0.3 is 0 Å². The van der Waals surface area contributed by atoms with Crippen molar-refractivity contribution in [3.05, 3.63) is 78.4 Å². The molecule has 0 saturated heterocycles. The maximum Gasteiger partial charge on any atom is 0.267 e. The van der Waals surface area contributed by atoms with Gasteiger partial charge in [-0.1, -0.05) is 40.0 Å². The highest BCUT2D eigenvalue weighted by atomic mass is 35.5. The van der Waals surface area contributed by atoms with Gasteiger partial charge in [0.15, 0.2) is 5.76 Å². The van der Waals surface area contributed by atoms with Crippen LogP contribution in [0.5, 0.6) is 5.75 Å². The summed E-state index contributed by atoms with van der Waals surface area (Å²) < 4.78 is 37.7. The lowest BCUT2D eigenvalue weighted by Gasteiger charge is -2.17. The van der Waals surface area contributed by atoms with Gasteiger partial charge in [0, 0.05) is 30.9 Å². The van der Waals surface area contributed by atoms with Crippen LogP contribution < -0.4 is 15.4 Å². The monoisotopic (exact) mass is 657 g/mol. The van der Waals surface area contributed by atoms with E-state index in [-0.39, 0.29) is 60.6 Å². The highest BCUT2D eigenvalue weighted by molar-refractivity contribution is 7.89. The molecule has 0 spiro atoms. The van der Waals surface area contributed by atoms with E-state index in [9.17, 15) is 18.0 Å². The Morgan fingerprint density at radius 3 is 2.44 bits per heavy atom. The summed E-state index contributed by atoms with van der Waals surface area (Å²) in [5.74, 6) is -0.772. The predicted molar refractivity (Wildman–Crippen MR) is 157 cm³/mol. The molecule has 3 heterocycles. The summed E-state index contributed by atoms with van der Waals surface area (Å²) in [6.07, 6.45) is 1.37. The number of rotatable bonds is 9. The number of anilines is 2. The van der Waals surface area contributed by atoms with Crippen LogP contribution in [0, 0.1) is 13.8 Å². The quantitative estimate of drug-likeness (QED) is 0.222. The first kappa shape index (κ1) is 30.8. The van der Waals surface area contributed by atoms with Crippen LogP contribution in [0.4, 0.5) is 11.5 Å². The Bertz CT molecular complexity index is 1720. The number of hydrogen-bond acceptors (Lipinski definition) is 9. The number of carbonyl (C=O) groups excluding carboxylic acids is 2. The Balaban J connectivity index is 1.59. The number of amides is 2. The van der Waals surface area contributed by atoms with Crippen molar-refractivity contribution in [3.63, 3.8) is 0 Å². The Labute approximate surface area is 254 Å². The van der Waals surface area contributed by atoms with Gasteiger partial charge in [0.25, 0.3) is 11.8 Å². The molecule has 4 rings (SSSR count). The summed E-state index contributed by atoms with van der Waals surface area (Å²) in [7, 11) is -1.21. The number of nitrogens with zero attached hydrogens (tertiary/aromatic N) is 3. The van der Waals surface area contributed by atoms with E-state index < -0.39 is 21.8 Å². The minimum atomic E-state index is -3.95. The molecule has 1 aromatic carbocycles. The lowest BCUT2D eigenvalue weighted by atomic mass is 10.1. The van der Waals surface area contributed by atoms with Crippen molar-refractivity contribution in [1.82, 2.24) is 14.4 Å². The van der Waals surface area contributed by atoms with Gasteiger partial charge in [-0.2, -0.15) is 4.31 Å². The third-order valence-corrected chi connectivity index (χ3v) is 9.84. The van der Waals surface area contributed by atoms with E-state index >= 15 is 0 Å². The van der Waals surface area contributed by atoms with Crippen molar-refractivity contribution < 1.29 is 27.3 Å². The number of sulfonamides is 1. The van der Waals surface area contributed by atoms with Gasteiger partial charge in [0.1, 0.15) is 27.0 Å². The standard InChI is InChI=1S/C25H22Cl3N5O6S2/c1-12-23(13(2)39-32-12)41(36,37)33(3)10-14-11-40-22(20(14)28)25(35)31-21-17(7-16(27)8-18(21)38-4)24(34)30-19-6-5-15(26)9-29-19/h5-9,11H,10H2,1-4H3,(H,31,35)(H,29,30,34). The lowest BCUT2D eigenvalue weighted by molar-refractivity contribution is 0.102. The molecular formula is C25H22Cl3N5O6S2. The van der Waals surface area contributed by atoms with Crippen LogP contribution >= 0.6 is 46.1 Å². The van der Waals surface area contributed by atoms with Gasteiger partial charge in [-0.15, -0.1) is 11.3 Å². The largest absolute Gasteiger partial charge is 0.494 e. The summed E-state index contributed by atoms with van der Waals surface area (Å²) in [4.78, 5) is 30.6. The van der Waals surface area contributed by atoms with Gasteiger partial charge in [0.05, 0.1) is 28.4 Å². The molecule has 0 aliphatic rings. The number of halogens is 3. The average molecular weight is 659 g/mol. The summed E-state index contributed by atoms with van der Waals surface area (Å²) in [5.41, 5.74) is 0.666. The molecule has 4 aromatic rings. The fraction of sp³-hybridized carbons (Fsp3) is 0.200. The van der Waals surface area contributed by atoms with Gasteiger partial charge in [-0.05, 0) is 43.0 Å². The Hall–Kier alpha value is -3.20. The van der Waals surface area contributed by atoms with Gasteiger partial charge in [0.2, 0.25) is 10.0 Å². The molecule has 41 heavy (non-hydrogen) atoms. The van der Waals surface area contributed by atoms with Crippen molar-refractivity contribution >= 4 is 79.5 Å². The van der Waals surface area contributed by atoms with Crippen molar-refractivity contribution in [2.75, 3.05) is 24.8 Å². The van der Waals surface area contributed by atoms with Crippen LogP contribution in [0.2, 0.25) is 15.1 Å². The number of nitrogens with one attached hydrogen (secondary N) is 2. The fourth-order valence-corrected chi connectivity index (χ4v) is 6.81. The molecular weight excluding hydrogens is 637 g/mol.